The number of aliphatic hydroxyl groups excluding tert-OH is 1. The number of fused-ring (bicyclic) bond motifs is 1. The van der Waals surface area contributed by atoms with Crippen LogP contribution in [-0.4, -0.2) is 28.6 Å². The van der Waals surface area contributed by atoms with E-state index in [0.717, 1.165) is 16.5 Å². The van der Waals surface area contributed by atoms with Crippen LogP contribution in [0.25, 0.3) is 10.9 Å². The Labute approximate surface area is 120 Å². The zero-order valence-corrected chi connectivity index (χ0v) is 12.9. The number of aryl methyl sites for hydroxylation is 1. The lowest BCUT2D eigenvalue weighted by Gasteiger charge is -2.19. The van der Waals surface area contributed by atoms with Gasteiger partial charge in [-0.05, 0) is 38.5 Å². The molecule has 0 fully saturated rings. The molecule has 0 bridgehead atoms. The summed E-state index contributed by atoms with van der Waals surface area (Å²) >= 11 is 0. The lowest BCUT2D eigenvalue weighted by molar-refractivity contribution is 0.283. The normalized spacial score (nSPS) is 13.0. The Bertz CT molecular complexity index is 708. The summed E-state index contributed by atoms with van der Waals surface area (Å²) in [5.41, 5.74) is 1.82. The maximum absolute atomic E-state index is 12.2. The van der Waals surface area contributed by atoms with Gasteiger partial charge in [-0.25, -0.2) is 8.42 Å². The third kappa shape index (κ3) is 2.74. The van der Waals surface area contributed by atoms with Crippen LogP contribution in [0.5, 0.6) is 0 Å². The van der Waals surface area contributed by atoms with Gasteiger partial charge in [0.1, 0.15) is 0 Å². The van der Waals surface area contributed by atoms with E-state index in [-0.39, 0.29) is 12.4 Å². The molecule has 1 aromatic carbocycles. The number of sulfone groups is 1. The Hall–Kier alpha value is -1.33. The molecule has 4 nitrogen and oxygen atoms in total. The highest BCUT2D eigenvalue weighted by Gasteiger charge is 2.28. The van der Waals surface area contributed by atoms with E-state index in [2.05, 4.69) is 0 Å². The Morgan fingerprint density at radius 2 is 1.90 bits per heavy atom. The number of aliphatic hydroxyl groups is 1. The quantitative estimate of drug-likeness (QED) is 0.942. The van der Waals surface area contributed by atoms with Gasteiger partial charge in [0, 0.05) is 23.6 Å². The van der Waals surface area contributed by atoms with Gasteiger partial charge in [0.2, 0.25) is 0 Å². The molecule has 2 rings (SSSR count). The average Bonchev–Trinajstić information content (AvgIpc) is 2.78. The second kappa shape index (κ2) is 5.22. The van der Waals surface area contributed by atoms with Crippen LogP contribution in [0.4, 0.5) is 0 Å². The molecule has 110 valence electrons. The van der Waals surface area contributed by atoms with E-state index in [0.29, 0.717) is 6.54 Å². The second-order valence-corrected chi connectivity index (χ2v) is 8.81. The molecule has 1 aromatic heterocycles. The maximum atomic E-state index is 12.2. The first kappa shape index (κ1) is 15.1. The van der Waals surface area contributed by atoms with E-state index in [9.17, 15) is 13.5 Å². The number of rotatable bonds is 4. The smallest absolute Gasteiger partial charge is 0.156 e. The minimum absolute atomic E-state index is 0.0123. The molecule has 20 heavy (non-hydrogen) atoms. The van der Waals surface area contributed by atoms with Crippen LogP contribution in [0.2, 0.25) is 0 Å². The van der Waals surface area contributed by atoms with Crippen molar-refractivity contribution in [3.05, 3.63) is 36.0 Å². The first-order valence-corrected chi connectivity index (χ1v) is 8.31. The predicted octanol–water partition coefficient (Wildman–Crippen LogP) is 2.35. The fourth-order valence-corrected chi connectivity index (χ4v) is 3.19. The number of hydrogen-bond acceptors (Lipinski definition) is 3. The van der Waals surface area contributed by atoms with Crippen molar-refractivity contribution in [3.8, 4) is 0 Å². The highest BCUT2D eigenvalue weighted by molar-refractivity contribution is 7.92. The van der Waals surface area contributed by atoms with Gasteiger partial charge in [-0.3, -0.25) is 0 Å². The Kier molecular flexibility index (Phi) is 3.93. The van der Waals surface area contributed by atoms with Gasteiger partial charge < -0.3 is 9.67 Å². The van der Waals surface area contributed by atoms with E-state index < -0.39 is 14.6 Å². The zero-order chi connectivity index (χ0) is 15.0. The van der Waals surface area contributed by atoms with Crippen LogP contribution in [0, 0.1) is 0 Å². The van der Waals surface area contributed by atoms with E-state index in [4.69, 9.17) is 0 Å². The number of nitrogens with zero attached hydrogens (tertiary/aromatic N) is 1. The van der Waals surface area contributed by atoms with Crippen molar-refractivity contribution in [2.75, 3.05) is 5.75 Å². The average molecular weight is 295 g/mol. The molecule has 0 amide bonds. The molecule has 1 N–H and O–H groups in total. The third-order valence-electron chi connectivity index (χ3n) is 3.61. The van der Waals surface area contributed by atoms with Gasteiger partial charge in [0.15, 0.2) is 9.84 Å². The molecule has 0 aliphatic carbocycles. The maximum Gasteiger partial charge on any atom is 0.156 e. The summed E-state index contributed by atoms with van der Waals surface area (Å²) in [6, 6.07) is 7.62. The molecule has 0 aliphatic heterocycles. The van der Waals surface area contributed by atoms with Crippen molar-refractivity contribution in [1.82, 2.24) is 4.57 Å². The zero-order valence-electron chi connectivity index (χ0n) is 12.1. The fourth-order valence-electron chi connectivity index (χ4n) is 2.14. The largest absolute Gasteiger partial charge is 0.392 e. The predicted molar refractivity (Wildman–Crippen MR) is 81.4 cm³/mol. The highest BCUT2D eigenvalue weighted by atomic mass is 32.2. The van der Waals surface area contributed by atoms with Crippen LogP contribution >= 0.6 is 0 Å². The van der Waals surface area contributed by atoms with Gasteiger partial charge in [0.25, 0.3) is 0 Å². The van der Waals surface area contributed by atoms with Crippen molar-refractivity contribution < 1.29 is 13.5 Å². The summed E-state index contributed by atoms with van der Waals surface area (Å²) in [6.45, 7) is 5.58. The Morgan fingerprint density at radius 1 is 1.20 bits per heavy atom. The SMILES string of the molecule is CC(C)(C)S(=O)(=O)CCn1ccc2c(CO)cccc21. The van der Waals surface area contributed by atoms with Gasteiger partial charge >= 0.3 is 0 Å². The van der Waals surface area contributed by atoms with Crippen molar-refractivity contribution >= 4 is 20.7 Å². The Morgan fingerprint density at radius 3 is 2.50 bits per heavy atom. The minimum atomic E-state index is -3.13. The summed E-state index contributed by atoms with van der Waals surface area (Å²) in [4.78, 5) is 0. The summed E-state index contributed by atoms with van der Waals surface area (Å²) in [5.74, 6) is 0.115. The Balaban J connectivity index is 2.28. The lowest BCUT2D eigenvalue weighted by atomic mass is 10.1. The topological polar surface area (TPSA) is 59.3 Å². The molecule has 1 heterocycles. The third-order valence-corrected chi connectivity index (χ3v) is 6.19. The molecule has 2 aromatic rings. The summed E-state index contributed by atoms with van der Waals surface area (Å²) < 4.78 is 25.5. The van der Waals surface area contributed by atoms with Crippen molar-refractivity contribution in [3.63, 3.8) is 0 Å². The molecule has 0 atom stereocenters. The molecule has 0 aliphatic rings. The van der Waals surface area contributed by atoms with Gasteiger partial charge in [0.05, 0.1) is 17.1 Å². The molecule has 0 saturated carbocycles. The van der Waals surface area contributed by atoms with Crippen LogP contribution in [-0.2, 0) is 23.0 Å². The van der Waals surface area contributed by atoms with Crippen molar-refractivity contribution in [2.24, 2.45) is 0 Å². The van der Waals surface area contributed by atoms with E-state index in [1.807, 2.05) is 35.0 Å². The summed E-state index contributed by atoms with van der Waals surface area (Å²) in [5, 5.41) is 10.3. The molecule has 0 radical (unpaired) electrons. The lowest BCUT2D eigenvalue weighted by Crippen LogP contribution is -2.31. The van der Waals surface area contributed by atoms with Crippen molar-refractivity contribution in [2.45, 2.75) is 38.7 Å². The highest BCUT2D eigenvalue weighted by Crippen LogP contribution is 2.22. The molecule has 5 heteroatoms. The minimum Gasteiger partial charge on any atom is -0.392 e. The molecular formula is C15H21NO3S. The van der Waals surface area contributed by atoms with E-state index in [1.54, 1.807) is 20.8 Å². The molecular weight excluding hydrogens is 274 g/mol. The van der Waals surface area contributed by atoms with Crippen LogP contribution < -0.4 is 0 Å². The second-order valence-electron chi connectivity index (χ2n) is 5.95. The number of benzene rings is 1. The first-order chi connectivity index (χ1) is 9.26. The van der Waals surface area contributed by atoms with E-state index in [1.165, 1.54) is 0 Å². The molecule has 0 saturated heterocycles. The fraction of sp³-hybridized carbons (Fsp3) is 0.467. The number of aromatic nitrogens is 1. The first-order valence-electron chi connectivity index (χ1n) is 6.66. The van der Waals surface area contributed by atoms with Crippen molar-refractivity contribution in [1.29, 1.82) is 0 Å². The van der Waals surface area contributed by atoms with E-state index >= 15 is 0 Å². The molecule has 0 unspecified atom stereocenters. The summed E-state index contributed by atoms with van der Waals surface area (Å²) in [7, 11) is -3.13. The monoisotopic (exact) mass is 295 g/mol. The molecule has 0 spiro atoms. The van der Waals surface area contributed by atoms with Gasteiger partial charge in [-0.1, -0.05) is 12.1 Å². The van der Waals surface area contributed by atoms with Gasteiger partial charge in [-0.15, -0.1) is 0 Å². The number of hydrogen-bond donors (Lipinski definition) is 1. The van der Waals surface area contributed by atoms with Crippen LogP contribution in [0.3, 0.4) is 0 Å². The standard InChI is InChI=1S/C15H21NO3S/c1-15(2,3)20(18,19)10-9-16-8-7-13-12(11-17)5-4-6-14(13)16/h4-8,17H,9-11H2,1-3H3. The van der Waals surface area contributed by atoms with Crippen LogP contribution in [0.15, 0.2) is 30.5 Å². The van der Waals surface area contributed by atoms with Gasteiger partial charge in [-0.2, -0.15) is 0 Å². The summed E-state index contributed by atoms with van der Waals surface area (Å²) in [6.07, 6.45) is 1.88. The van der Waals surface area contributed by atoms with Crippen LogP contribution in [0.1, 0.15) is 26.3 Å².